The first kappa shape index (κ1) is 15.2. The quantitative estimate of drug-likeness (QED) is 0.621. The Kier molecular flexibility index (Phi) is 6.35. The number of nitrogens with two attached hydrogens (primary N) is 1. The molecule has 0 spiro atoms. The maximum Gasteiger partial charge on any atom is 0.226 e. The van der Waals surface area contributed by atoms with E-state index in [-0.39, 0.29) is 17.5 Å². The van der Waals surface area contributed by atoms with Crippen LogP contribution in [0.5, 0.6) is 0 Å². The molecule has 5 nitrogen and oxygen atoms in total. The zero-order valence-electron chi connectivity index (χ0n) is 10.0. The van der Waals surface area contributed by atoms with Crippen molar-refractivity contribution in [3.05, 3.63) is 21.9 Å². The van der Waals surface area contributed by atoms with E-state index in [9.17, 15) is 4.79 Å². The lowest BCUT2D eigenvalue weighted by Crippen LogP contribution is -2.17. The Hall–Kier alpha value is -0.880. The number of aryl methyl sites for hydroxylation is 1. The molecule has 0 unspecified atom stereocenters. The van der Waals surface area contributed by atoms with E-state index >= 15 is 0 Å². The van der Waals surface area contributed by atoms with Gasteiger partial charge in [0.25, 0.3) is 0 Å². The lowest BCUT2D eigenvalue weighted by molar-refractivity contribution is -0.117. The van der Waals surface area contributed by atoms with Crippen molar-refractivity contribution in [2.24, 2.45) is 5.73 Å². The van der Waals surface area contributed by atoms with Gasteiger partial charge in [0.2, 0.25) is 5.91 Å². The molecule has 0 aliphatic rings. The molecule has 100 valence electrons. The highest BCUT2D eigenvalue weighted by atomic mass is 35.5. The molecule has 3 N–H and O–H groups in total. The van der Waals surface area contributed by atoms with Gasteiger partial charge in [-0.1, -0.05) is 23.2 Å². The van der Waals surface area contributed by atoms with Crippen LogP contribution < -0.4 is 11.1 Å². The number of hydrogen-bond acceptors (Lipinski definition) is 4. The number of amides is 1. The smallest absolute Gasteiger partial charge is 0.226 e. The van der Waals surface area contributed by atoms with Gasteiger partial charge in [0.1, 0.15) is 5.15 Å². The Morgan fingerprint density at radius 3 is 2.83 bits per heavy atom. The average Bonchev–Trinajstić information content (AvgIpc) is 2.29. The number of carbonyl (C=O) groups excluding carboxylic acids is 1. The van der Waals surface area contributed by atoms with E-state index in [0.717, 1.165) is 5.56 Å². The molecule has 1 rings (SSSR count). The number of aromatic nitrogens is 1. The molecule has 0 aliphatic carbocycles. The van der Waals surface area contributed by atoms with Gasteiger partial charge in [-0.3, -0.25) is 4.79 Å². The number of nitrogens with zero attached hydrogens (tertiary/aromatic N) is 1. The van der Waals surface area contributed by atoms with Gasteiger partial charge in [0.15, 0.2) is 5.15 Å². The van der Waals surface area contributed by atoms with E-state index in [2.05, 4.69) is 10.3 Å². The van der Waals surface area contributed by atoms with Crippen LogP contribution in [0.4, 0.5) is 5.69 Å². The Balaban J connectivity index is 2.54. The third-order valence-electron chi connectivity index (χ3n) is 2.14. The second-order valence-corrected chi connectivity index (χ2v) is 4.37. The summed E-state index contributed by atoms with van der Waals surface area (Å²) in [6.07, 6.45) is 0.235. The Labute approximate surface area is 116 Å². The molecule has 1 amide bonds. The highest BCUT2D eigenvalue weighted by Gasteiger charge is 2.10. The molecular weight excluding hydrogens is 277 g/mol. The molecule has 7 heteroatoms. The number of ether oxygens (including phenoxy) is 1. The molecule has 0 radical (unpaired) electrons. The van der Waals surface area contributed by atoms with E-state index in [0.29, 0.717) is 30.6 Å². The summed E-state index contributed by atoms with van der Waals surface area (Å²) in [4.78, 5) is 15.5. The van der Waals surface area contributed by atoms with Crippen molar-refractivity contribution < 1.29 is 9.53 Å². The second kappa shape index (κ2) is 7.53. The van der Waals surface area contributed by atoms with E-state index in [4.69, 9.17) is 33.7 Å². The van der Waals surface area contributed by atoms with Crippen LogP contribution in [0, 0.1) is 6.92 Å². The van der Waals surface area contributed by atoms with Crippen molar-refractivity contribution in [2.75, 3.05) is 25.1 Å². The van der Waals surface area contributed by atoms with Gasteiger partial charge in [0, 0.05) is 6.54 Å². The summed E-state index contributed by atoms with van der Waals surface area (Å²) in [5.41, 5.74) is 6.50. The zero-order chi connectivity index (χ0) is 13.5. The number of halogens is 2. The lowest BCUT2D eigenvalue weighted by atomic mass is 10.2. The topological polar surface area (TPSA) is 77.2 Å². The highest BCUT2D eigenvalue weighted by Crippen LogP contribution is 2.26. The van der Waals surface area contributed by atoms with Crippen molar-refractivity contribution in [3.63, 3.8) is 0 Å². The highest BCUT2D eigenvalue weighted by molar-refractivity contribution is 6.34. The first-order valence-corrected chi connectivity index (χ1v) is 6.20. The minimum absolute atomic E-state index is 0.177. The summed E-state index contributed by atoms with van der Waals surface area (Å²) in [5.74, 6) is -0.193. The molecule has 0 fully saturated rings. The second-order valence-electron chi connectivity index (χ2n) is 3.63. The molecule has 18 heavy (non-hydrogen) atoms. The Morgan fingerprint density at radius 1 is 1.50 bits per heavy atom. The largest absolute Gasteiger partial charge is 0.380 e. The third-order valence-corrected chi connectivity index (χ3v) is 2.61. The number of nitrogens with one attached hydrogen (secondary N) is 1. The van der Waals surface area contributed by atoms with Crippen molar-refractivity contribution in [3.8, 4) is 0 Å². The summed E-state index contributed by atoms with van der Waals surface area (Å²) in [5, 5.41) is 3.15. The van der Waals surface area contributed by atoms with Crippen LogP contribution in [-0.4, -0.2) is 30.6 Å². The standard InChI is InChI=1S/C11H15Cl2N3O2/c1-7-6-8(12)15-11(13)10(7)16-9(17)2-4-18-5-3-14/h6H,2-5,14H2,1H3,(H,16,17). The SMILES string of the molecule is Cc1cc(Cl)nc(Cl)c1NC(=O)CCOCCN. The minimum atomic E-state index is -0.193. The Bertz CT molecular complexity index is 404. The van der Waals surface area contributed by atoms with Gasteiger partial charge >= 0.3 is 0 Å². The summed E-state index contributed by atoms with van der Waals surface area (Å²) in [6, 6.07) is 1.63. The van der Waals surface area contributed by atoms with Crippen LogP contribution in [0.2, 0.25) is 10.3 Å². The van der Waals surface area contributed by atoms with Crippen molar-refractivity contribution >= 4 is 34.8 Å². The number of pyridine rings is 1. The van der Waals surface area contributed by atoms with Crippen molar-refractivity contribution in [2.45, 2.75) is 13.3 Å². The maximum atomic E-state index is 11.6. The van der Waals surface area contributed by atoms with Gasteiger partial charge in [0.05, 0.1) is 25.3 Å². The molecule has 0 atom stereocenters. The van der Waals surface area contributed by atoms with E-state index in [1.807, 2.05) is 0 Å². The van der Waals surface area contributed by atoms with E-state index in [1.54, 1.807) is 13.0 Å². The van der Waals surface area contributed by atoms with Crippen LogP contribution in [-0.2, 0) is 9.53 Å². The minimum Gasteiger partial charge on any atom is -0.380 e. The van der Waals surface area contributed by atoms with Crippen molar-refractivity contribution in [1.82, 2.24) is 4.98 Å². The summed E-state index contributed by atoms with van der Waals surface area (Å²) < 4.78 is 5.12. The van der Waals surface area contributed by atoms with Crippen LogP contribution in [0.15, 0.2) is 6.07 Å². The van der Waals surface area contributed by atoms with Gasteiger partial charge < -0.3 is 15.8 Å². The number of rotatable bonds is 6. The van der Waals surface area contributed by atoms with Gasteiger partial charge in [-0.15, -0.1) is 0 Å². The fourth-order valence-corrected chi connectivity index (χ4v) is 1.88. The third kappa shape index (κ3) is 4.78. The van der Waals surface area contributed by atoms with Gasteiger partial charge in [-0.25, -0.2) is 4.98 Å². The average molecular weight is 292 g/mol. The molecular formula is C11H15Cl2N3O2. The molecule has 0 aromatic carbocycles. The molecule has 1 heterocycles. The van der Waals surface area contributed by atoms with Crippen LogP contribution in [0.3, 0.4) is 0 Å². The monoisotopic (exact) mass is 291 g/mol. The summed E-state index contributed by atoms with van der Waals surface area (Å²) in [6.45, 7) is 2.99. The van der Waals surface area contributed by atoms with Crippen LogP contribution in [0.1, 0.15) is 12.0 Å². The fourth-order valence-electron chi connectivity index (χ4n) is 1.30. The lowest BCUT2D eigenvalue weighted by Gasteiger charge is -2.10. The summed E-state index contributed by atoms with van der Waals surface area (Å²) in [7, 11) is 0. The molecule has 0 saturated carbocycles. The van der Waals surface area contributed by atoms with Crippen LogP contribution >= 0.6 is 23.2 Å². The molecule has 0 aliphatic heterocycles. The molecule has 0 bridgehead atoms. The first-order valence-electron chi connectivity index (χ1n) is 5.45. The number of carbonyl (C=O) groups is 1. The molecule has 0 saturated heterocycles. The molecule has 1 aromatic rings. The van der Waals surface area contributed by atoms with E-state index in [1.165, 1.54) is 0 Å². The Morgan fingerprint density at radius 2 is 2.22 bits per heavy atom. The van der Waals surface area contributed by atoms with Crippen molar-refractivity contribution in [1.29, 1.82) is 0 Å². The number of anilines is 1. The zero-order valence-corrected chi connectivity index (χ0v) is 11.5. The van der Waals surface area contributed by atoms with Gasteiger partial charge in [-0.2, -0.15) is 0 Å². The predicted octanol–water partition coefficient (Wildman–Crippen LogP) is 2.00. The first-order chi connectivity index (χ1) is 8.54. The number of hydrogen-bond donors (Lipinski definition) is 2. The van der Waals surface area contributed by atoms with Crippen LogP contribution in [0.25, 0.3) is 0 Å². The normalized spacial score (nSPS) is 10.4. The van der Waals surface area contributed by atoms with Gasteiger partial charge in [-0.05, 0) is 18.6 Å². The fraction of sp³-hybridized carbons (Fsp3) is 0.455. The van der Waals surface area contributed by atoms with E-state index < -0.39 is 0 Å². The summed E-state index contributed by atoms with van der Waals surface area (Å²) >= 11 is 11.6. The maximum absolute atomic E-state index is 11.6. The molecule has 1 aromatic heterocycles. The predicted molar refractivity (Wildman–Crippen MR) is 72.1 cm³/mol.